The predicted octanol–water partition coefficient (Wildman–Crippen LogP) is 2.05. The van der Waals surface area contributed by atoms with E-state index in [2.05, 4.69) is 29.3 Å². The van der Waals surface area contributed by atoms with Gasteiger partial charge in [0.05, 0.1) is 13.2 Å². The monoisotopic (exact) mass is 288 g/mol. The van der Waals surface area contributed by atoms with Crippen LogP contribution in [0.3, 0.4) is 0 Å². The third-order valence-corrected chi connectivity index (χ3v) is 4.40. The number of ether oxygens (including phenoxy) is 1. The maximum atomic E-state index is 12.1. The maximum absolute atomic E-state index is 12.1. The van der Waals surface area contributed by atoms with Gasteiger partial charge in [0.2, 0.25) is 0 Å². The summed E-state index contributed by atoms with van der Waals surface area (Å²) in [6.07, 6.45) is 2.62. The topological polar surface area (TPSA) is 41.6 Å². The molecule has 1 aromatic rings. The van der Waals surface area contributed by atoms with Gasteiger partial charge < -0.3 is 10.1 Å². The number of hydrogen-bond donors (Lipinski definition) is 1. The van der Waals surface area contributed by atoms with Crippen LogP contribution in [0.5, 0.6) is 0 Å². The van der Waals surface area contributed by atoms with Gasteiger partial charge in [0.25, 0.3) is 5.91 Å². The Balaban J connectivity index is 1.51. The molecule has 2 heterocycles. The number of rotatable bonds is 5. The summed E-state index contributed by atoms with van der Waals surface area (Å²) in [4.78, 5) is 14.6. The van der Waals surface area contributed by atoms with Gasteiger partial charge in [-0.15, -0.1) is 0 Å². The number of carbonyl (C=O) groups excluding carboxylic acids is 1. The van der Waals surface area contributed by atoms with Crippen molar-refractivity contribution in [2.45, 2.75) is 26.3 Å². The Kier molecular flexibility index (Phi) is 4.27. The van der Waals surface area contributed by atoms with Crippen LogP contribution in [0.15, 0.2) is 24.3 Å². The van der Waals surface area contributed by atoms with Gasteiger partial charge >= 0.3 is 0 Å². The lowest BCUT2D eigenvalue weighted by molar-refractivity contribution is -0.0978. The highest BCUT2D eigenvalue weighted by atomic mass is 16.5. The van der Waals surface area contributed by atoms with Gasteiger partial charge in [-0.2, -0.15) is 0 Å². The molecule has 0 spiro atoms. The third-order valence-electron chi connectivity index (χ3n) is 4.40. The van der Waals surface area contributed by atoms with Crippen molar-refractivity contribution in [3.8, 4) is 0 Å². The van der Waals surface area contributed by atoms with E-state index in [1.54, 1.807) is 0 Å². The number of nitrogens with zero attached hydrogens (tertiary/aromatic N) is 1. The zero-order valence-electron chi connectivity index (χ0n) is 12.7. The van der Waals surface area contributed by atoms with Crippen molar-refractivity contribution >= 4 is 5.91 Å². The van der Waals surface area contributed by atoms with Crippen LogP contribution in [-0.2, 0) is 11.3 Å². The minimum absolute atomic E-state index is 0.0100. The summed E-state index contributed by atoms with van der Waals surface area (Å²) in [5, 5.41) is 3.00. The van der Waals surface area contributed by atoms with E-state index >= 15 is 0 Å². The van der Waals surface area contributed by atoms with Gasteiger partial charge in [-0.3, -0.25) is 9.69 Å². The van der Waals surface area contributed by atoms with E-state index in [1.165, 1.54) is 31.5 Å². The molecule has 0 aromatic heterocycles. The van der Waals surface area contributed by atoms with Crippen molar-refractivity contribution in [3.63, 3.8) is 0 Å². The molecule has 0 unspecified atom stereocenters. The lowest BCUT2D eigenvalue weighted by atomic mass is 9.88. The summed E-state index contributed by atoms with van der Waals surface area (Å²) in [5.74, 6) is 0.0100. The third kappa shape index (κ3) is 3.63. The molecule has 1 amide bonds. The Labute approximate surface area is 126 Å². The first-order chi connectivity index (χ1) is 10.1. The van der Waals surface area contributed by atoms with E-state index in [0.717, 1.165) is 25.3 Å². The molecule has 0 aliphatic carbocycles. The second-order valence-corrected chi connectivity index (χ2v) is 6.67. The number of likely N-dealkylation sites (tertiary alicyclic amines) is 1. The van der Waals surface area contributed by atoms with Crippen molar-refractivity contribution < 1.29 is 9.53 Å². The summed E-state index contributed by atoms with van der Waals surface area (Å²) in [7, 11) is 0. The van der Waals surface area contributed by atoms with Crippen LogP contribution in [0.25, 0.3) is 0 Å². The molecule has 0 radical (unpaired) electrons. The SMILES string of the molecule is CC1(CNC(=O)c2ccc(CN3CCCC3)cc2)COC1. The average Bonchev–Trinajstić information content (AvgIpc) is 2.96. The molecule has 21 heavy (non-hydrogen) atoms. The van der Waals surface area contributed by atoms with E-state index < -0.39 is 0 Å². The Morgan fingerprint density at radius 2 is 1.90 bits per heavy atom. The molecule has 0 atom stereocenters. The second-order valence-electron chi connectivity index (χ2n) is 6.67. The minimum Gasteiger partial charge on any atom is -0.380 e. The van der Waals surface area contributed by atoms with Gasteiger partial charge in [-0.1, -0.05) is 19.1 Å². The number of amides is 1. The minimum atomic E-state index is 0.0100. The smallest absolute Gasteiger partial charge is 0.251 e. The van der Waals surface area contributed by atoms with E-state index in [1.807, 2.05) is 12.1 Å². The van der Waals surface area contributed by atoms with Crippen molar-refractivity contribution in [1.82, 2.24) is 10.2 Å². The van der Waals surface area contributed by atoms with Crippen LogP contribution in [0, 0.1) is 5.41 Å². The molecule has 1 aromatic carbocycles. The number of hydrogen-bond acceptors (Lipinski definition) is 3. The molecule has 2 aliphatic heterocycles. The van der Waals surface area contributed by atoms with E-state index in [0.29, 0.717) is 6.54 Å². The number of nitrogens with one attached hydrogen (secondary N) is 1. The van der Waals surface area contributed by atoms with Crippen molar-refractivity contribution in [2.24, 2.45) is 5.41 Å². The fraction of sp³-hybridized carbons (Fsp3) is 0.588. The van der Waals surface area contributed by atoms with Gasteiger partial charge in [0, 0.05) is 24.1 Å². The van der Waals surface area contributed by atoms with Crippen LogP contribution in [0.1, 0.15) is 35.7 Å². The normalized spacial score (nSPS) is 21.0. The Morgan fingerprint density at radius 1 is 1.24 bits per heavy atom. The van der Waals surface area contributed by atoms with Crippen molar-refractivity contribution in [2.75, 3.05) is 32.8 Å². The highest BCUT2D eigenvalue weighted by molar-refractivity contribution is 5.94. The lowest BCUT2D eigenvalue weighted by Gasteiger charge is -2.38. The summed E-state index contributed by atoms with van der Waals surface area (Å²) < 4.78 is 5.20. The molecule has 4 heteroatoms. The number of benzene rings is 1. The molecule has 3 rings (SSSR count). The summed E-state index contributed by atoms with van der Waals surface area (Å²) in [6.45, 7) is 7.69. The Hall–Kier alpha value is -1.39. The zero-order chi connectivity index (χ0) is 14.7. The zero-order valence-corrected chi connectivity index (χ0v) is 12.7. The van der Waals surface area contributed by atoms with E-state index in [-0.39, 0.29) is 11.3 Å². The molecule has 2 fully saturated rings. The van der Waals surface area contributed by atoms with E-state index in [9.17, 15) is 4.79 Å². The fourth-order valence-corrected chi connectivity index (χ4v) is 2.91. The standard InChI is InChI=1S/C17H24N2O2/c1-17(12-21-13-17)11-18-16(20)15-6-4-14(5-7-15)10-19-8-2-3-9-19/h4-7H,2-3,8-13H2,1H3,(H,18,20). The Bertz CT molecular complexity index is 488. The first-order valence-electron chi connectivity index (χ1n) is 7.82. The highest BCUT2D eigenvalue weighted by Crippen LogP contribution is 2.25. The molecule has 2 saturated heterocycles. The molecule has 1 N–H and O–H groups in total. The van der Waals surface area contributed by atoms with Gasteiger partial charge in [-0.05, 0) is 43.6 Å². The molecule has 4 nitrogen and oxygen atoms in total. The van der Waals surface area contributed by atoms with Gasteiger partial charge in [-0.25, -0.2) is 0 Å². The van der Waals surface area contributed by atoms with Crippen LogP contribution < -0.4 is 5.32 Å². The predicted molar refractivity (Wildman–Crippen MR) is 82.2 cm³/mol. The quantitative estimate of drug-likeness (QED) is 0.901. The molecule has 0 bridgehead atoms. The number of carbonyl (C=O) groups is 1. The molecular weight excluding hydrogens is 264 g/mol. The summed E-state index contributed by atoms with van der Waals surface area (Å²) in [5.41, 5.74) is 2.14. The maximum Gasteiger partial charge on any atom is 0.251 e. The largest absolute Gasteiger partial charge is 0.380 e. The van der Waals surface area contributed by atoms with Crippen LogP contribution >= 0.6 is 0 Å². The van der Waals surface area contributed by atoms with Gasteiger partial charge in [0.15, 0.2) is 0 Å². The molecular formula is C17H24N2O2. The van der Waals surface area contributed by atoms with Crippen molar-refractivity contribution in [3.05, 3.63) is 35.4 Å². The molecule has 2 aliphatic rings. The summed E-state index contributed by atoms with van der Waals surface area (Å²) in [6, 6.07) is 8.00. The molecule has 114 valence electrons. The Morgan fingerprint density at radius 3 is 2.48 bits per heavy atom. The lowest BCUT2D eigenvalue weighted by Crippen LogP contribution is -2.48. The van der Waals surface area contributed by atoms with Gasteiger partial charge in [0.1, 0.15) is 0 Å². The highest BCUT2D eigenvalue weighted by Gasteiger charge is 2.33. The van der Waals surface area contributed by atoms with Crippen LogP contribution in [0.2, 0.25) is 0 Å². The molecule has 0 saturated carbocycles. The first-order valence-corrected chi connectivity index (χ1v) is 7.82. The average molecular weight is 288 g/mol. The first kappa shape index (κ1) is 14.5. The van der Waals surface area contributed by atoms with Crippen molar-refractivity contribution in [1.29, 1.82) is 0 Å². The fourth-order valence-electron chi connectivity index (χ4n) is 2.91. The van der Waals surface area contributed by atoms with Crippen LogP contribution in [0.4, 0.5) is 0 Å². The second kappa shape index (κ2) is 6.16. The van der Waals surface area contributed by atoms with Crippen LogP contribution in [-0.4, -0.2) is 43.7 Å². The summed E-state index contributed by atoms with van der Waals surface area (Å²) >= 11 is 0. The van der Waals surface area contributed by atoms with E-state index in [4.69, 9.17) is 4.74 Å².